The van der Waals surface area contributed by atoms with Crippen LogP contribution in [-0.2, 0) is 9.47 Å². The first-order valence-corrected chi connectivity index (χ1v) is 13.9. The molecule has 1 aliphatic heterocycles. The van der Waals surface area contributed by atoms with Gasteiger partial charge < -0.3 is 18.9 Å². The molecule has 2 aliphatic carbocycles. The second-order valence-electron chi connectivity index (χ2n) is 10.8. The lowest BCUT2D eigenvalue weighted by atomic mass is 9.94. The van der Waals surface area contributed by atoms with Crippen LogP contribution in [0.3, 0.4) is 0 Å². The van der Waals surface area contributed by atoms with Crippen LogP contribution in [0.4, 0.5) is 5.82 Å². The highest BCUT2D eigenvalue weighted by molar-refractivity contribution is 5.99. The largest absolute Gasteiger partial charge is 0.498 e. The van der Waals surface area contributed by atoms with E-state index in [-0.39, 0.29) is 0 Å². The van der Waals surface area contributed by atoms with E-state index in [1.807, 2.05) is 6.92 Å². The molecular formula is C29H43N5O2. The SMILES string of the molecule is CCOC1=CC(OC)=C(n2c(C)c3c(C)nnc(N4CCN(C5CCCCC5)CC4)c3c2C)CC1C. The molecule has 0 amide bonds. The summed E-state index contributed by atoms with van der Waals surface area (Å²) in [5, 5.41) is 11.9. The van der Waals surface area contributed by atoms with Crippen molar-refractivity contribution in [3.05, 3.63) is 34.7 Å². The quantitative estimate of drug-likeness (QED) is 0.523. The van der Waals surface area contributed by atoms with Crippen molar-refractivity contribution in [2.24, 2.45) is 5.92 Å². The normalized spacial score (nSPS) is 22.3. The van der Waals surface area contributed by atoms with Crippen LogP contribution >= 0.6 is 0 Å². The van der Waals surface area contributed by atoms with Gasteiger partial charge in [0.2, 0.25) is 0 Å². The van der Waals surface area contributed by atoms with Gasteiger partial charge in [-0.3, -0.25) is 4.90 Å². The van der Waals surface area contributed by atoms with Gasteiger partial charge in [0.05, 0.1) is 25.1 Å². The summed E-state index contributed by atoms with van der Waals surface area (Å²) in [7, 11) is 1.75. The lowest BCUT2D eigenvalue weighted by Crippen LogP contribution is -2.51. The number of ether oxygens (including phenoxy) is 2. The predicted octanol–water partition coefficient (Wildman–Crippen LogP) is 5.59. The number of methoxy groups -OCH3 is 1. The van der Waals surface area contributed by atoms with Crippen molar-refractivity contribution < 1.29 is 9.47 Å². The Hall–Kier alpha value is -2.54. The highest BCUT2D eigenvalue weighted by Crippen LogP contribution is 2.40. The fourth-order valence-electron chi connectivity index (χ4n) is 6.72. The van der Waals surface area contributed by atoms with Crippen molar-refractivity contribution >= 4 is 22.3 Å². The van der Waals surface area contributed by atoms with Crippen LogP contribution in [0.15, 0.2) is 17.6 Å². The Bertz CT molecular complexity index is 1170. The molecule has 7 heteroatoms. The zero-order valence-electron chi connectivity index (χ0n) is 23.1. The summed E-state index contributed by atoms with van der Waals surface area (Å²) in [5.41, 5.74) is 4.60. The Labute approximate surface area is 216 Å². The van der Waals surface area contributed by atoms with Gasteiger partial charge >= 0.3 is 0 Å². The van der Waals surface area contributed by atoms with Crippen molar-refractivity contribution in [1.29, 1.82) is 0 Å². The van der Waals surface area contributed by atoms with Gasteiger partial charge in [0, 0.05) is 72.8 Å². The Balaban J connectivity index is 1.52. The van der Waals surface area contributed by atoms with Gasteiger partial charge in [-0.25, -0.2) is 0 Å². The van der Waals surface area contributed by atoms with Gasteiger partial charge in [-0.2, -0.15) is 5.10 Å². The third kappa shape index (κ3) is 4.40. The van der Waals surface area contributed by atoms with E-state index in [1.54, 1.807) is 7.11 Å². The second kappa shape index (κ2) is 10.4. The van der Waals surface area contributed by atoms with Gasteiger partial charge in [0.1, 0.15) is 11.5 Å². The van der Waals surface area contributed by atoms with Crippen LogP contribution in [0.5, 0.6) is 0 Å². The first-order valence-electron chi connectivity index (χ1n) is 13.9. The minimum absolute atomic E-state index is 0.299. The molecule has 2 fully saturated rings. The topological polar surface area (TPSA) is 55.7 Å². The average molecular weight is 494 g/mol. The van der Waals surface area contributed by atoms with E-state index >= 15 is 0 Å². The lowest BCUT2D eigenvalue weighted by Gasteiger charge is -2.41. The molecule has 1 atom stereocenters. The number of aromatic nitrogens is 3. The van der Waals surface area contributed by atoms with Gasteiger partial charge in [-0.05, 0) is 40.5 Å². The fourth-order valence-corrected chi connectivity index (χ4v) is 6.72. The zero-order chi connectivity index (χ0) is 25.4. The number of anilines is 1. The molecule has 0 aromatic carbocycles. The molecule has 1 saturated heterocycles. The van der Waals surface area contributed by atoms with Crippen molar-refractivity contribution in [3.63, 3.8) is 0 Å². The third-order valence-electron chi connectivity index (χ3n) is 8.57. The van der Waals surface area contributed by atoms with Crippen LogP contribution in [-0.4, -0.2) is 65.6 Å². The summed E-state index contributed by atoms with van der Waals surface area (Å²) >= 11 is 0. The van der Waals surface area contributed by atoms with Gasteiger partial charge in [0.25, 0.3) is 0 Å². The Kier molecular flexibility index (Phi) is 7.29. The molecule has 2 aromatic heterocycles. The van der Waals surface area contributed by atoms with Gasteiger partial charge in [-0.15, -0.1) is 5.10 Å². The maximum atomic E-state index is 5.91. The highest BCUT2D eigenvalue weighted by atomic mass is 16.5. The van der Waals surface area contributed by atoms with Crippen LogP contribution in [0.2, 0.25) is 0 Å². The molecule has 5 rings (SSSR count). The van der Waals surface area contributed by atoms with Gasteiger partial charge in [0.15, 0.2) is 5.82 Å². The first-order chi connectivity index (χ1) is 17.4. The van der Waals surface area contributed by atoms with Crippen LogP contribution < -0.4 is 4.90 Å². The number of fused-ring (bicyclic) bond motifs is 1. The standard InChI is InChI=1S/C29H43N5O2/c1-7-36-25-18-26(35-6)24(17-19(25)2)34-21(4)27-20(3)30-31-29(28(27)22(34)5)33-15-13-32(14-16-33)23-11-9-8-10-12-23/h18-19,23H,7-17H2,1-6H3. The molecule has 0 bridgehead atoms. The number of rotatable bonds is 6. The number of allylic oxidation sites excluding steroid dienone is 3. The minimum atomic E-state index is 0.299. The van der Waals surface area contributed by atoms with Gasteiger partial charge in [-0.1, -0.05) is 26.2 Å². The molecular weight excluding hydrogens is 450 g/mol. The summed E-state index contributed by atoms with van der Waals surface area (Å²) in [6.07, 6.45) is 9.86. The van der Waals surface area contributed by atoms with Crippen LogP contribution in [0, 0.1) is 26.7 Å². The Morgan fingerprint density at radius 2 is 1.64 bits per heavy atom. The molecule has 7 nitrogen and oxygen atoms in total. The smallest absolute Gasteiger partial charge is 0.161 e. The molecule has 1 saturated carbocycles. The predicted molar refractivity (Wildman–Crippen MR) is 146 cm³/mol. The summed E-state index contributed by atoms with van der Waals surface area (Å²) in [6.45, 7) is 15.7. The number of hydrogen-bond acceptors (Lipinski definition) is 6. The average Bonchev–Trinajstić information content (AvgIpc) is 3.17. The molecule has 2 aromatic rings. The number of nitrogens with zero attached hydrogens (tertiary/aromatic N) is 5. The van der Waals surface area contributed by atoms with Crippen molar-refractivity contribution in [2.45, 2.75) is 79.2 Å². The number of aryl methyl sites for hydroxylation is 3. The lowest BCUT2D eigenvalue weighted by molar-refractivity contribution is 0.147. The summed E-state index contributed by atoms with van der Waals surface area (Å²) in [5.74, 6) is 3.21. The van der Waals surface area contributed by atoms with E-state index in [1.165, 1.54) is 60.0 Å². The minimum Gasteiger partial charge on any atom is -0.498 e. The Morgan fingerprint density at radius 1 is 0.944 bits per heavy atom. The molecule has 3 heterocycles. The van der Waals surface area contributed by atoms with E-state index < -0.39 is 0 Å². The summed E-state index contributed by atoms with van der Waals surface area (Å²) < 4.78 is 14.2. The van der Waals surface area contributed by atoms with Crippen molar-refractivity contribution in [2.75, 3.05) is 44.8 Å². The molecule has 196 valence electrons. The summed E-state index contributed by atoms with van der Waals surface area (Å²) in [4.78, 5) is 5.19. The van der Waals surface area contributed by atoms with Crippen LogP contribution in [0.1, 0.15) is 69.5 Å². The molecule has 1 unspecified atom stereocenters. The van der Waals surface area contributed by atoms with E-state index in [0.29, 0.717) is 12.5 Å². The molecule has 0 N–H and O–H groups in total. The third-order valence-corrected chi connectivity index (χ3v) is 8.57. The number of piperazine rings is 1. The fraction of sp³-hybridized carbons (Fsp3) is 0.655. The number of hydrogen-bond donors (Lipinski definition) is 0. The monoisotopic (exact) mass is 493 g/mol. The maximum Gasteiger partial charge on any atom is 0.161 e. The highest BCUT2D eigenvalue weighted by Gasteiger charge is 2.30. The van der Waals surface area contributed by atoms with E-state index in [9.17, 15) is 0 Å². The molecule has 0 spiro atoms. The van der Waals surface area contributed by atoms with E-state index in [0.717, 1.165) is 61.7 Å². The van der Waals surface area contributed by atoms with E-state index in [4.69, 9.17) is 14.6 Å². The Morgan fingerprint density at radius 3 is 2.31 bits per heavy atom. The zero-order valence-corrected chi connectivity index (χ0v) is 23.1. The summed E-state index contributed by atoms with van der Waals surface area (Å²) in [6, 6.07) is 0.775. The molecule has 0 radical (unpaired) electrons. The molecule has 3 aliphatic rings. The first kappa shape index (κ1) is 25.1. The van der Waals surface area contributed by atoms with E-state index in [2.05, 4.69) is 53.2 Å². The maximum absolute atomic E-state index is 5.91. The van der Waals surface area contributed by atoms with Crippen molar-refractivity contribution in [3.8, 4) is 0 Å². The second-order valence-corrected chi connectivity index (χ2v) is 10.8. The van der Waals surface area contributed by atoms with Crippen molar-refractivity contribution in [1.82, 2.24) is 19.7 Å². The van der Waals surface area contributed by atoms with Crippen LogP contribution in [0.25, 0.3) is 16.5 Å². The molecule has 36 heavy (non-hydrogen) atoms.